The third-order valence-electron chi connectivity index (χ3n) is 10.8. The Labute approximate surface area is 329 Å². The van der Waals surface area contributed by atoms with E-state index in [2.05, 4.69) is 144 Å². The largest absolute Gasteiger partial charge is 0.309 e. The first-order valence-corrected chi connectivity index (χ1v) is 19.2. The van der Waals surface area contributed by atoms with Gasteiger partial charge in [0.05, 0.1) is 22.2 Å². The van der Waals surface area contributed by atoms with Crippen LogP contribution in [-0.2, 0) is 0 Å². The molecule has 5 heteroatoms. The Balaban J connectivity index is 1.25. The summed E-state index contributed by atoms with van der Waals surface area (Å²) >= 11 is 0. The van der Waals surface area contributed by atoms with Gasteiger partial charge in [-0.2, -0.15) is 0 Å². The van der Waals surface area contributed by atoms with Crippen LogP contribution in [0.2, 0.25) is 0 Å². The highest BCUT2D eigenvalue weighted by atomic mass is 15.0. The van der Waals surface area contributed by atoms with E-state index < -0.39 is 0 Å². The molecule has 5 nitrogen and oxygen atoms in total. The number of aromatic nitrogens is 5. The first-order chi connectivity index (χ1) is 28.3. The van der Waals surface area contributed by atoms with Crippen LogP contribution in [0, 0.1) is 0 Å². The summed E-state index contributed by atoms with van der Waals surface area (Å²) in [6, 6.07) is 69.7. The van der Waals surface area contributed by atoms with Crippen LogP contribution in [0.25, 0.3) is 106 Å². The third-order valence-corrected chi connectivity index (χ3v) is 10.8. The molecule has 0 saturated carbocycles. The first-order valence-electron chi connectivity index (χ1n) is 19.2. The average Bonchev–Trinajstić information content (AvgIpc) is 3.65. The van der Waals surface area contributed by atoms with Crippen molar-refractivity contribution in [2.24, 2.45) is 0 Å². The van der Waals surface area contributed by atoms with E-state index in [-0.39, 0.29) is 0 Å². The van der Waals surface area contributed by atoms with Crippen molar-refractivity contribution < 1.29 is 0 Å². The lowest BCUT2D eigenvalue weighted by atomic mass is 9.94. The highest BCUT2D eigenvalue weighted by Crippen LogP contribution is 2.46. The molecule has 0 spiro atoms. The molecular weight excluding hydrogens is 695 g/mol. The zero-order valence-electron chi connectivity index (χ0n) is 30.8. The van der Waals surface area contributed by atoms with E-state index in [9.17, 15) is 0 Å². The van der Waals surface area contributed by atoms with Crippen LogP contribution in [0.15, 0.2) is 200 Å². The van der Waals surface area contributed by atoms with Gasteiger partial charge in [-0.25, -0.2) is 19.9 Å². The van der Waals surface area contributed by atoms with Crippen LogP contribution >= 0.6 is 0 Å². The minimum absolute atomic E-state index is 0.616. The van der Waals surface area contributed by atoms with Crippen molar-refractivity contribution >= 4 is 43.5 Å². The van der Waals surface area contributed by atoms with Gasteiger partial charge in [-0.05, 0) is 35.2 Å². The van der Waals surface area contributed by atoms with Crippen molar-refractivity contribution in [3.63, 3.8) is 0 Å². The summed E-state index contributed by atoms with van der Waals surface area (Å²) in [4.78, 5) is 20.7. The van der Waals surface area contributed by atoms with Crippen LogP contribution in [0.1, 0.15) is 0 Å². The Morgan fingerprint density at radius 2 is 0.842 bits per heavy atom. The van der Waals surface area contributed by atoms with Gasteiger partial charge in [0.25, 0.3) is 0 Å². The predicted octanol–water partition coefficient (Wildman–Crippen LogP) is 13.0. The molecule has 0 unspecified atom stereocenters. The van der Waals surface area contributed by atoms with Gasteiger partial charge in [0.15, 0.2) is 17.5 Å². The van der Waals surface area contributed by atoms with Crippen molar-refractivity contribution in [1.82, 2.24) is 24.5 Å². The maximum absolute atomic E-state index is 5.38. The van der Waals surface area contributed by atoms with E-state index in [1.807, 2.05) is 60.7 Å². The standard InChI is InChI=1S/C52H33N5/c1-5-18-34(19-6-1)48-47-40(39-27-15-16-31-44(39)53-48)32-33-45-46(47)43-30-17-29-41(49(43)57(45)37-24-11-4-12-25-37)38-26-13-14-28-42(38)52-55-50(35-20-7-2-8-21-35)54-51(56-52)36-22-9-3-10-23-36/h1-33H. The monoisotopic (exact) mass is 727 g/mol. The van der Waals surface area contributed by atoms with Gasteiger partial charge in [0.1, 0.15) is 0 Å². The van der Waals surface area contributed by atoms with Gasteiger partial charge < -0.3 is 4.57 Å². The zero-order chi connectivity index (χ0) is 37.7. The van der Waals surface area contributed by atoms with Gasteiger partial charge in [0.2, 0.25) is 0 Å². The molecule has 11 rings (SSSR count). The molecule has 0 bridgehead atoms. The molecule has 0 radical (unpaired) electrons. The van der Waals surface area contributed by atoms with Crippen LogP contribution in [0.4, 0.5) is 0 Å². The highest BCUT2D eigenvalue weighted by molar-refractivity contribution is 6.29. The smallest absolute Gasteiger partial charge is 0.164 e. The summed E-state index contributed by atoms with van der Waals surface area (Å²) in [6.07, 6.45) is 0. The van der Waals surface area contributed by atoms with Crippen LogP contribution in [0.3, 0.4) is 0 Å². The Hall–Kier alpha value is -7.76. The number of fused-ring (bicyclic) bond motifs is 7. The lowest BCUT2D eigenvalue weighted by Gasteiger charge is -2.15. The fourth-order valence-electron chi connectivity index (χ4n) is 8.31. The number of pyridine rings is 1. The number of nitrogens with zero attached hydrogens (tertiary/aromatic N) is 5. The highest BCUT2D eigenvalue weighted by Gasteiger charge is 2.24. The summed E-state index contributed by atoms with van der Waals surface area (Å²) in [7, 11) is 0. The topological polar surface area (TPSA) is 56.5 Å². The fourth-order valence-corrected chi connectivity index (χ4v) is 8.31. The lowest BCUT2D eigenvalue weighted by molar-refractivity contribution is 1.07. The SMILES string of the molecule is c1ccc(-c2nc(-c3ccccc3)nc(-c3ccccc3-c3cccc4c5c6c(-c7ccccc7)nc7ccccc7c6ccc5n(-c5ccccc5)c34)n2)cc1. The fraction of sp³-hybridized carbons (Fsp3) is 0. The molecule has 3 aromatic heterocycles. The van der Waals surface area contributed by atoms with Crippen molar-refractivity contribution in [3.05, 3.63) is 200 Å². The summed E-state index contributed by atoms with van der Waals surface area (Å²) in [5.74, 6) is 1.88. The molecule has 0 saturated heterocycles. The molecular formula is C52H33N5. The zero-order valence-corrected chi connectivity index (χ0v) is 30.8. The van der Waals surface area contributed by atoms with Gasteiger partial charge in [-0.15, -0.1) is 0 Å². The quantitative estimate of drug-likeness (QED) is 0.160. The van der Waals surface area contributed by atoms with Gasteiger partial charge in [0, 0.05) is 55.0 Å². The van der Waals surface area contributed by atoms with E-state index >= 15 is 0 Å². The Kier molecular flexibility index (Phi) is 7.74. The third kappa shape index (κ3) is 5.48. The van der Waals surface area contributed by atoms with Crippen molar-refractivity contribution in [3.8, 4) is 62.2 Å². The lowest BCUT2D eigenvalue weighted by Crippen LogP contribution is -2.01. The second-order valence-corrected chi connectivity index (χ2v) is 14.2. The van der Waals surface area contributed by atoms with Crippen LogP contribution in [-0.4, -0.2) is 24.5 Å². The Bertz CT molecular complexity index is 3210. The number of para-hydroxylation sites is 3. The maximum Gasteiger partial charge on any atom is 0.164 e. The molecule has 0 aliphatic rings. The van der Waals surface area contributed by atoms with E-state index in [1.165, 1.54) is 10.8 Å². The molecule has 0 aliphatic carbocycles. The molecule has 0 N–H and O–H groups in total. The van der Waals surface area contributed by atoms with Gasteiger partial charge in [-0.1, -0.05) is 176 Å². The molecule has 266 valence electrons. The molecule has 11 aromatic rings. The van der Waals surface area contributed by atoms with Crippen LogP contribution in [0.5, 0.6) is 0 Å². The Morgan fingerprint density at radius 1 is 0.316 bits per heavy atom. The maximum atomic E-state index is 5.38. The summed E-state index contributed by atoms with van der Waals surface area (Å²) < 4.78 is 2.42. The molecule has 3 heterocycles. The average molecular weight is 728 g/mol. The van der Waals surface area contributed by atoms with E-state index in [0.29, 0.717) is 17.5 Å². The van der Waals surface area contributed by atoms with Crippen molar-refractivity contribution in [2.45, 2.75) is 0 Å². The van der Waals surface area contributed by atoms with Crippen LogP contribution < -0.4 is 0 Å². The first kappa shape index (κ1) is 32.7. The van der Waals surface area contributed by atoms with Crippen molar-refractivity contribution in [1.29, 1.82) is 0 Å². The molecule has 0 fully saturated rings. The van der Waals surface area contributed by atoms with Gasteiger partial charge >= 0.3 is 0 Å². The van der Waals surface area contributed by atoms with E-state index in [4.69, 9.17) is 19.9 Å². The number of hydrogen-bond acceptors (Lipinski definition) is 4. The normalized spacial score (nSPS) is 11.5. The minimum Gasteiger partial charge on any atom is -0.309 e. The molecule has 57 heavy (non-hydrogen) atoms. The number of rotatable bonds is 6. The summed E-state index contributed by atoms with van der Waals surface area (Å²) in [5.41, 5.74) is 11.2. The molecule has 0 atom stereocenters. The molecule has 0 aliphatic heterocycles. The van der Waals surface area contributed by atoms with Crippen molar-refractivity contribution in [2.75, 3.05) is 0 Å². The van der Waals surface area contributed by atoms with Gasteiger partial charge in [-0.3, -0.25) is 0 Å². The van der Waals surface area contributed by atoms with E-state index in [1.54, 1.807) is 0 Å². The second-order valence-electron chi connectivity index (χ2n) is 14.2. The van der Waals surface area contributed by atoms with E-state index in [0.717, 1.165) is 77.5 Å². The number of hydrogen-bond donors (Lipinski definition) is 0. The second kappa shape index (κ2) is 13.5. The Morgan fingerprint density at radius 3 is 1.53 bits per heavy atom. The minimum atomic E-state index is 0.616. The molecule has 8 aromatic carbocycles. The summed E-state index contributed by atoms with van der Waals surface area (Å²) in [6.45, 7) is 0. The molecule has 0 amide bonds. The summed E-state index contributed by atoms with van der Waals surface area (Å²) in [5, 5.41) is 5.76. The predicted molar refractivity (Wildman–Crippen MR) is 234 cm³/mol. The number of benzene rings is 8.